The second-order valence-electron chi connectivity index (χ2n) is 5.17. The predicted molar refractivity (Wildman–Crippen MR) is 72.0 cm³/mol. The highest BCUT2D eigenvalue weighted by molar-refractivity contribution is 5.96. The number of hydrogen-bond donors (Lipinski definition) is 2. The maximum atomic E-state index is 12.0. The SMILES string of the molecule is CC(C)(C)CNC(=O)c1ccncc1C#CCN. The van der Waals surface area contributed by atoms with Crippen molar-refractivity contribution in [3.8, 4) is 11.8 Å². The lowest BCUT2D eigenvalue weighted by molar-refractivity contribution is 0.0939. The maximum absolute atomic E-state index is 12.0. The highest BCUT2D eigenvalue weighted by atomic mass is 16.1. The van der Waals surface area contributed by atoms with Crippen molar-refractivity contribution in [1.82, 2.24) is 10.3 Å². The minimum absolute atomic E-state index is 0.0474. The van der Waals surface area contributed by atoms with Crippen LogP contribution in [0.15, 0.2) is 18.5 Å². The van der Waals surface area contributed by atoms with Gasteiger partial charge in [-0.25, -0.2) is 0 Å². The molecule has 96 valence electrons. The Hall–Kier alpha value is -1.86. The van der Waals surface area contributed by atoms with Gasteiger partial charge in [0, 0.05) is 18.9 Å². The molecule has 3 N–H and O–H groups in total. The third-order valence-corrected chi connectivity index (χ3v) is 2.17. The van der Waals surface area contributed by atoms with Gasteiger partial charge in [-0.15, -0.1) is 0 Å². The van der Waals surface area contributed by atoms with Crippen LogP contribution in [0, 0.1) is 17.3 Å². The number of carbonyl (C=O) groups excluding carboxylic acids is 1. The Morgan fingerprint density at radius 2 is 2.22 bits per heavy atom. The zero-order chi connectivity index (χ0) is 13.6. The molecule has 1 aromatic heterocycles. The molecule has 0 aliphatic rings. The molecule has 0 atom stereocenters. The lowest BCUT2D eigenvalue weighted by Gasteiger charge is -2.18. The first-order valence-electron chi connectivity index (χ1n) is 5.85. The van der Waals surface area contributed by atoms with E-state index in [4.69, 9.17) is 5.73 Å². The zero-order valence-electron chi connectivity index (χ0n) is 11.1. The van der Waals surface area contributed by atoms with E-state index in [0.717, 1.165) is 0 Å². The first-order chi connectivity index (χ1) is 8.44. The van der Waals surface area contributed by atoms with Crippen LogP contribution >= 0.6 is 0 Å². The van der Waals surface area contributed by atoms with Crippen LogP contribution in [0.5, 0.6) is 0 Å². The summed E-state index contributed by atoms with van der Waals surface area (Å²) in [5.74, 6) is 5.45. The average Bonchev–Trinajstić information content (AvgIpc) is 2.33. The third kappa shape index (κ3) is 4.56. The number of nitrogens with one attached hydrogen (secondary N) is 1. The summed E-state index contributed by atoms with van der Waals surface area (Å²) in [6.45, 7) is 7.06. The van der Waals surface area contributed by atoms with E-state index in [1.165, 1.54) is 0 Å². The number of carbonyl (C=O) groups is 1. The summed E-state index contributed by atoms with van der Waals surface area (Å²) in [6, 6.07) is 1.67. The van der Waals surface area contributed by atoms with Crippen molar-refractivity contribution >= 4 is 5.91 Å². The van der Waals surface area contributed by atoms with Gasteiger partial charge < -0.3 is 11.1 Å². The van der Waals surface area contributed by atoms with E-state index >= 15 is 0 Å². The molecule has 18 heavy (non-hydrogen) atoms. The summed E-state index contributed by atoms with van der Waals surface area (Å²) in [6.07, 6.45) is 3.16. The second kappa shape index (κ2) is 6.18. The highest BCUT2D eigenvalue weighted by Crippen LogP contribution is 2.11. The summed E-state index contributed by atoms with van der Waals surface area (Å²) >= 11 is 0. The Labute approximate surface area is 108 Å². The molecule has 0 aliphatic heterocycles. The Balaban J connectivity index is 2.85. The standard InChI is InChI=1S/C14H19N3O/c1-14(2,3)10-17-13(18)12-6-8-16-9-11(12)5-4-7-15/h6,8-9H,7,10,15H2,1-3H3,(H,17,18). The van der Waals surface area contributed by atoms with Crippen molar-refractivity contribution in [2.24, 2.45) is 11.1 Å². The number of hydrogen-bond acceptors (Lipinski definition) is 3. The first kappa shape index (κ1) is 14.2. The molecule has 0 spiro atoms. The molecule has 0 unspecified atom stereocenters. The molecule has 1 rings (SSSR count). The molecule has 1 amide bonds. The van der Waals surface area contributed by atoms with Gasteiger partial charge in [0.05, 0.1) is 17.7 Å². The van der Waals surface area contributed by atoms with E-state index in [1.807, 2.05) is 0 Å². The number of aromatic nitrogens is 1. The van der Waals surface area contributed by atoms with Crippen LogP contribution in [-0.2, 0) is 0 Å². The van der Waals surface area contributed by atoms with Gasteiger partial charge in [-0.1, -0.05) is 32.6 Å². The second-order valence-corrected chi connectivity index (χ2v) is 5.17. The summed E-state index contributed by atoms with van der Waals surface area (Å²) < 4.78 is 0. The molecule has 0 aromatic carbocycles. The van der Waals surface area contributed by atoms with Gasteiger partial charge in [0.2, 0.25) is 0 Å². The average molecular weight is 245 g/mol. The van der Waals surface area contributed by atoms with Gasteiger partial charge in [-0.3, -0.25) is 9.78 Å². The molecule has 0 fully saturated rings. The van der Waals surface area contributed by atoms with Crippen molar-refractivity contribution in [2.45, 2.75) is 20.8 Å². The fraction of sp³-hybridized carbons (Fsp3) is 0.429. The van der Waals surface area contributed by atoms with E-state index < -0.39 is 0 Å². The Bertz CT molecular complexity index is 478. The lowest BCUT2D eigenvalue weighted by atomic mass is 9.97. The van der Waals surface area contributed by atoms with Gasteiger partial charge >= 0.3 is 0 Å². The number of rotatable bonds is 2. The normalized spacial score (nSPS) is 10.4. The molecule has 4 nitrogen and oxygen atoms in total. The monoisotopic (exact) mass is 245 g/mol. The molecule has 0 saturated heterocycles. The summed E-state index contributed by atoms with van der Waals surface area (Å²) in [5, 5.41) is 2.89. The van der Waals surface area contributed by atoms with Crippen molar-refractivity contribution in [3.05, 3.63) is 29.6 Å². The van der Waals surface area contributed by atoms with E-state index in [-0.39, 0.29) is 17.9 Å². The third-order valence-electron chi connectivity index (χ3n) is 2.17. The quantitative estimate of drug-likeness (QED) is 0.768. The lowest BCUT2D eigenvalue weighted by Crippen LogP contribution is -2.32. The molecule has 1 heterocycles. The van der Waals surface area contributed by atoms with E-state index in [1.54, 1.807) is 18.5 Å². The Morgan fingerprint density at radius 1 is 1.50 bits per heavy atom. The van der Waals surface area contributed by atoms with Crippen LogP contribution in [0.1, 0.15) is 36.7 Å². The zero-order valence-corrected chi connectivity index (χ0v) is 11.1. The van der Waals surface area contributed by atoms with Crippen LogP contribution in [0.4, 0.5) is 0 Å². The number of pyridine rings is 1. The Morgan fingerprint density at radius 3 is 2.83 bits per heavy atom. The van der Waals surface area contributed by atoms with E-state index in [2.05, 4.69) is 42.9 Å². The number of nitrogens with two attached hydrogens (primary N) is 1. The number of nitrogens with zero attached hydrogens (tertiary/aromatic N) is 1. The fourth-order valence-corrected chi connectivity index (χ4v) is 1.28. The summed E-state index contributed by atoms with van der Waals surface area (Å²) in [5.41, 5.74) is 6.51. The van der Waals surface area contributed by atoms with Crippen LogP contribution in [-0.4, -0.2) is 24.0 Å². The van der Waals surface area contributed by atoms with Gasteiger partial charge in [0.1, 0.15) is 0 Å². The Kier molecular flexibility index (Phi) is 4.87. The van der Waals surface area contributed by atoms with Crippen LogP contribution in [0.2, 0.25) is 0 Å². The molecule has 4 heteroatoms. The molecule has 1 aromatic rings. The minimum Gasteiger partial charge on any atom is -0.351 e. The molecule has 0 aliphatic carbocycles. The topological polar surface area (TPSA) is 68.0 Å². The summed E-state index contributed by atoms with van der Waals surface area (Å²) in [4.78, 5) is 16.0. The van der Waals surface area contributed by atoms with Crippen molar-refractivity contribution in [3.63, 3.8) is 0 Å². The van der Waals surface area contributed by atoms with E-state index in [9.17, 15) is 4.79 Å². The predicted octanol–water partition coefficient (Wildman–Crippen LogP) is 1.17. The van der Waals surface area contributed by atoms with E-state index in [0.29, 0.717) is 17.7 Å². The van der Waals surface area contributed by atoms with Gasteiger partial charge in [0.15, 0.2) is 0 Å². The van der Waals surface area contributed by atoms with Crippen molar-refractivity contribution in [2.75, 3.05) is 13.1 Å². The molecule has 0 radical (unpaired) electrons. The first-order valence-corrected chi connectivity index (χ1v) is 5.85. The molecular weight excluding hydrogens is 226 g/mol. The fourth-order valence-electron chi connectivity index (χ4n) is 1.28. The number of amides is 1. The van der Waals surface area contributed by atoms with Crippen LogP contribution in [0.3, 0.4) is 0 Å². The minimum atomic E-state index is -0.131. The highest BCUT2D eigenvalue weighted by Gasteiger charge is 2.14. The molecular formula is C14H19N3O. The van der Waals surface area contributed by atoms with Crippen molar-refractivity contribution in [1.29, 1.82) is 0 Å². The van der Waals surface area contributed by atoms with Gasteiger partial charge in [-0.05, 0) is 11.5 Å². The molecule has 0 bridgehead atoms. The van der Waals surface area contributed by atoms with Gasteiger partial charge in [0.25, 0.3) is 5.91 Å². The van der Waals surface area contributed by atoms with Crippen LogP contribution < -0.4 is 11.1 Å². The molecule has 0 saturated carbocycles. The smallest absolute Gasteiger partial charge is 0.252 e. The van der Waals surface area contributed by atoms with Crippen molar-refractivity contribution < 1.29 is 4.79 Å². The van der Waals surface area contributed by atoms with Crippen LogP contribution in [0.25, 0.3) is 0 Å². The maximum Gasteiger partial charge on any atom is 0.252 e. The van der Waals surface area contributed by atoms with Gasteiger partial charge in [-0.2, -0.15) is 0 Å². The largest absolute Gasteiger partial charge is 0.351 e. The summed E-state index contributed by atoms with van der Waals surface area (Å²) in [7, 11) is 0.